The Balaban J connectivity index is 2.18. The standard InChI is InChI=1S/C10H15N3O2S/c1-8-4-6-12-10(13-8)16(14,15)7-9-3-2-5-11-9/h4,6,9,11H,2-3,5,7H2,1H3. The van der Waals surface area contributed by atoms with Gasteiger partial charge in [0.05, 0.1) is 5.75 Å². The van der Waals surface area contributed by atoms with Crippen molar-refractivity contribution in [2.24, 2.45) is 0 Å². The lowest BCUT2D eigenvalue weighted by Gasteiger charge is -2.09. The molecule has 2 heterocycles. The molecule has 1 unspecified atom stereocenters. The third kappa shape index (κ3) is 2.56. The molecule has 0 bridgehead atoms. The van der Waals surface area contributed by atoms with Crippen LogP contribution in [-0.4, -0.2) is 36.7 Å². The van der Waals surface area contributed by atoms with Crippen molar-refractivity contribution in [2.75, 3.05) is 12.3 Å². The monoisotopic (exact) mass is 241 g/mol. The molecule has 1 N–H and O–H groups in total. The minimum Gasteiger partial charge on any atom is -0.313 e. The fraction of sp³-hybridized carbons (Fsp3) is 0.600. The molecule has 5 nitrogen and oxygen atoms in total. The van der Waals surface area contributed by atoms with Crippen LogP contribution in [0.4, 0.5) is 0 Å². The molecule has 1 aliphatic heterocycles. The smallest absolute Gasteiger partial charge is 0.247 e. The van der Waals surface area contributed by atoms with Gasteiger partial charge in [-0.15, -0.1) is 0 Å². The second-order valence-corrected chi connectivity index (χ2v) is 5.98. The van der Waals surface area contributed by atoms with Gasteiger partial charge in [0.25, 0.3) is 0 Å². The Hall–Kier alpha value is -1.01. The molecular formula is C10H15N3O2S. The maximum absolute atomic E-state index is 12.0. The maximum atomic E-state index is 12.0. The predicted octanol–water partition coefficient (Wildman–Crippen LogP) is 0.311. The van der Waals surface area contributed by atoms with Gasteiger partial charge in [-0.3, -0.25) is 0 Å². The first-order valence-electron chi connectivity index (χ1n) is 5.34. The molecule has 0 spiro atoms. The molecule has 1 aromatic rings. The van der Waals surface area contributed by atoms with Gasteiger partial charge in [-0.25, -0.2) is 18.4 Å². The Kier molecular flexibility index (Phi) is 3.20. The summed E-state index contributed by atoms with van der Waals surface area (Å²) in [6, 6.07) is 1.74. The summed E-state index contributed by atoms with van der Waals surface area (Å²) in [7, 11) is -3.35. The largest absolute Gasteiger partial charge is 0.313 e. The summed E-state index contributed by atoms with van der Waals surface area (Å²) >= 11 is 0. The van der Waals surface area contributed by atoms with Gasteiger partial charge in [0.15, 0.2) is 0 Å². The first-order chi connectivity index (χ1) is 7.58. The van der Waals surface area contributed by atoms with Gasteiger partial charge < -0.3 is 5.32 Å². The van der Waals surface area contributed by atoms with Crippen molar-refractivity contribution < 1.29 is 8.42 Å². The summed E-state index contributed by atoms with van der Waals surface area (Å²) in [4.78, 5) is 7.79. The Labute approximate surface area is 95.2 Å². The average Bonchev–Trinajstić information content (AvgIpc) is 2.70. The highest BCUT2D eigenvalue weighted by Gasteiger charge is 2.25. The highest BCUT2D eigenvalue weighted by atomic mass is 32.2. The van der Waals surface area contributed by atoms with Crippen LogP contribution in [0.25, 0.3) is 0 Å². The van der Waals surface area contributed by atoms with E-state index in [1.54, 1.807) is 13.0 Å². The van der Waals surface area contributed by atoms with Gasteiger partial charge in [-0.05, 0) is 32.4 Å². The van der Waals surface area contributed by atoms with Gasteiger partial charge >= 0.3 is 0 Å². The van der Waals surface area contributed by atoms with Crippen molar-refractivity contribution in [3.63, 3.8) is 0 Å². The van der Waals surface area contributed by atoms with Crippen molar-refractivity contribution in [2.45, 2.75) is 31.0 Å². The minimum absolute atomic E-state index is 0.0501. The number of hydrogen-bond acceptors (Lipinski definition) is 5. The molecule has 0 amide bonds. The normalized spacial score (nSPS) is 21.2. The summed E-state index contributed by atoms with van der Waals surface area (Å²) in [5.41, 5.74) is 0.674. The molecule has 1 atom stereocenters. The van der Waals surface area contributed by atoms with E-state index in [4.69, 9.17) is 0 Å². The Morgan fingerprint density at radius 3 is 3.00 bits per heavy atom. The summed E-state index contributed by atoms with van der Waals surface area (Å²) in [5, 5.41) is 3.11. The topological polar surface area (TPSA) is 72.0 Å². The summed E-state index contributed by atoms with van der Waals surface area (Å²) < 4.78 is 24.0. The molecule has 88 valence electrons. The number of nitrogens with one attached hydrogen (secondary N) is 1. The molecule has 1 saturated heterocycles. The molecule has 6 heteroatoms. The molecule has 16 heavy (non-hydrogen) atoms. The van der Waals surface area contributed by atoms with Gasteiger partial charge in [0.2, 0.25) is 15.0 Å². The third-order valence-corrected chi connectivity index (χ3v) is 4.23. The Morgan fingerprint density at radius 1 is 1.56 bits per heavy atom. The van der Waals surface area contributed by atoms with Crippen molar-refractivity contribution >= 4 is 9.84 Å². The van der Waals surface area contributed by atoms with E-state index in [0.717, 1.165) is 19.4 Å². The second kappa shape index (κ2) is 4.47. The molecular weight excluding hydrogens is 226 g/mol. The van der Waals surface area contributed by atoms with E-state index < -0.39 is 9.84 Å². The van der Waals surface area contributed by atoms with E-state index in [9.17, 15) is 8.42 Å². The van der Waals surface area contributed by atoms with Crippen molar-refractivity contribution in [3.05, 3.63) is 18.0 Å². The quantitative estimate of drug-likeness (QED) is 0.771. The van der Waals surface area contributed by atoms with Crippen LogP contribution in [0.3, 0.4) is 0 Å². The molecule has 1 fully saturated rings. The van der Waals surface area contributed by atoms with Crippen molar-refractivity contribution in [1.29, 1.82) is 0 Å². The van der Waals surface area contributed by atoms with Crippen molar-refractivity contribution in [3.8, 4) is 0 Å². The number of hydrogen-bond donors (Lipinski definition) is 1. The number of sulfone groups is 1. The van der Waals surface area contributed by atoms with Crippen LogP contribution >= 0.6 is 0 Å². The molecule has 0 aliphatic carbocycles. The van der Waals surface area contributed by atoms with Gasteiger partial charge in [0.1, 0.15) is 0 Å². The fourth-order valence-electron chi connectivity index (χ4n) is 1.81. The van der Waals surface area contributed by atoms with Crippen LogP contribution in [0.15, 0.2) is 17.4 Å². The van der Waals surface area contributed by atoms with E-state index in [1.165, 1.54) is 6.20 Å². The van der Waals surface area contributed by atoms with E-state index in [-0.39, 0.29) is 17.0 Å². The first-order valence-corrected chi connectivity index (χ1v) is 6.99. The van der Waals surface area contributed by atoms with E-state index in [2.05, 4.69) is 15.3 Å². The zero-order valence-corrected chi connectivity index (χ0v) is 10.00. The molecule has 0 saturated carbocycles. The van der Waals surface area contributed by atoms with Gasteiger partial charge in [0, 0.05) is 17.9 Å². The zero-order valence-electron chi connectivity index (χ0n) is 9.18. The highest BCUT2D eigenvalue weighted by Crippen LogP contribution is 2.12. The first kappa shape index (κ1) is 11.5. The summed E-state index contributed by atoms with van der Waals surface area (Å²) in [5.74, 6) is 0.0937. The minimum atomic E-state index is -3.35. The lowest BCUT2D eigenvalue weighted by molar-refractivity contribution is 0.568. The molecule has 0 aromatic carbocycles. The number of nitrogens with zero attached hydrogens (tertiary/aromatic N) is 2. The Morgan fingerprint density at radius 2 is 2.38 bits per heavy atom. The van der Waals surface area contributed by atoms with Crippen LogP contribution < -0.4 is 5.32 Å². The highest BCUT2D eigenvalue weighted by molar-refractivity contribution is 7.91. The Bertz CT molecular complexity index is 467. The lowest BCUT2D eigenvalue weighted by Crippen LogP contribution is -2.30. The average molecular weight is 241 g/mol. The molecule has 0 radical (unpaired) electrons. The van der Waals surface area contributed by atoms with Crippen LogP contribution in [0.5, 0.6) is 0 Å². The fourth-order valence-corrected chi connectivity index (χ4v) is 3.28. The molecule has 1 aliphatic rings. The zero-order chi connectivity index (χ0) is 11.6. The lowest BCUT2D eigenvalue weighted by atomic mass is 10.3. The number of aryl methyl sites for hydroxylation is 1. The second-order valence-electron chi connectivity index (χ2n) is 4.06. The van der Waals surface area contributed by atoms with Crippen molar-refractivity contribution in [1.82, 2.24) is 15.3 Å². The molecule has 1 aromatic heterocycles. The van der Waals surface area contributed by atoms with E-state index in [1.807, 2.05) is 0 Å². The van der Waals surface area contributed by atoms with Gasteiger partial charge in [-0.2, -0.15) is 0 Å². The summed E-state index contributed by atoms with van der Waals surface area (Å²) in [6.45, 7) is 2.66. The van der Waals surface area contributed by atoms with Gasteiger partial charge in [-0.1, -0.05) is 0 Å². The maximum Gasteiger partial charge on any atom is 0.247 e. The van der Waals surface area contributed by atoms with Crippen LogP contribution in [-0.2, 0) is 9.84 Å². The number of rotatable bonds is 3. The molecule has 2 rings (SSSR count). The summed E-state index contributed by atoms with van der Waals surface area (Å²) in [6.07, 6.45) is 3.43. The van der Waals surface area contributed by atoms with Crippen LogP contribution in [0.2, 0.25) is 0 Å². The predicted molar refractivity (Wildman–Crippen MR) is 59.8 cm³/mol. The SMILES string of the molecule is Cc1ccnc(S(=O)(=O)CC2CCCN2)n1. The third-order valence-electron chi connectivity index (χ3n) is 2.63. The van der Waals surface area contributed by atoms with E-state index >= 15 is 0 Å². The number of aromatic nitrogens is 2. The van der Waals surface area contributed by atoms with Crippen LogP contribution in [0.1, 0.15) is 18.5 Å². The van der Waals surface area contributed by atoms with Crippen LogP contribution in [0, 0.1) is 6.92 Å². The van der Waals surface area contributed by atoms with E-state index in [0.29, 0.717) is 5.69 Å².